The standard InChI is InChI=1S/C14H14N2O2/c1-9-4-5-10(2)13(11(9)3)18-14-15-6-12(8-17)7-16-14/h4-8H,1-3H3. The molecule has 2 rings (SSSR count). The maximum atomic E-state index is 10.5. The van der Waals surface area contributed by atoms with Crippen molar-refractivity contribution in [2.24, 2.45) is 0 Å². The van der Waals surface area contributed by atoms with E-state index < -0.39 is 0 Å². The Bertz CT molecular complexity index is 577. The summed E-state index contributed by atoms with van der Waals surface area (Å²) in [6.07, 6.45) is 3.58. The minimum absolute atomic E-state index is 0.248. The third-order valence-electron chi connectivity index (χ3n) is 2.85. The summed E-state index contributed by atoms with van der Waals surface area (Å²) in [5.74, 6) is 0.772. The molecular formula is C14H14N2O2. The zero-order valence-electron chi connectivity index (χ0n) is 10.6. The van der Waals surface area contributed by atoms with Crippen molar-refractivity contribution in [1.82, 2.24) is 9.97 Å². The van der Waals surface area contributed by atoms with Crippen LogP contribution < -0.4 is 4.74 Å². The highest BCUT2D eigenvalue weighted by Gasteiger charge is 2.09. The molecule has 0 radical (unpaired) electrons. The van der Waals surface area contributed by atoms with Crippen molar-refractivity contribution in [3.8, 4) is 11.8 Å². The Morgan fingerprint density at radius 3 is 2.28 bits per heavy atom. The van der Waals surface area contributed by atoms with Crippen LogP contribution in [0.5, 0.6) is 11.8 Å². The van der Waals surface area contributed by atoms with Crippen molar-refractivity contribution >= 4 is 6.29 Å². The monoisotopic (exact) mass is 242 g/mol. The largest absolute Gasteiger partial charge is 0.424 e. The van der Waals surface area contributed by atoms with Crippen molar-refractivity contribution in [3.05, 3.63) is 46.8 Å². The summed E-state index contributed by atoms with van der Waals surface area (Å²) in [6.45, 7) is 6.00. The summed E-state index contributed by atoms with van der Waals surface area (Å²) in [5.41, 5.74) is 3.68. The highest BCUT2D eigenvalue weighted by molar-refractivity contribution is 5.73. The quantitative estimate of drug-likeness (QED) is 0.776. The van der Waals surface area contributed by atoms with Gasteiger partial charge in [-0.1, -0.05) is 12.1 Å². The molecule has 92 valence electrons. The maximum Gasteiger partial charge on any atom is 0.321 e. The minimum atomic E-state index is 0.248. The van der Waals surface area contributed by atoms with Gasteiger partial charge in [0.2, 0.25) is 0 Å². The lowest BCUT2D eigenvalue weighted by Gasteiger charge is -2.11. The van der Waals surface area contributed by atoms with Gasteiger partial charge in [0, 0.05) is 12.4 Å². The van der Waals surface area contributed by atoms with Crippen LogP contribution in [0.15, 0.2) is 24.5 Å². The molecule has 0 spiro atoms. The first-order valence-electron chi connectivity index (χ1n) is 5.63. The molecule has 0 fully saturated rings. The van der Waals surface area contributed by atoms with E-state index in [0.29, 0.717) is 11.8 Å². The molecule has 0 atom stereocenters. The number of carbonyl (C=O) groups excluding carboxylic acids is 1. The lowest BCUT2D eigenvalue weighted by Crippen LogP contribution is -1.97. The van der Waals surface area contributed by atoms with Crippen LogP contribution in [-0.2, 0) is 0 Å². The van der Waals surface area contributed by atoms with E-state index in [4.69, 9.17) is 4.74 Å². The Hall–Kier alpha value is -2.23. The first-order chi connectivity index (χ1) is 8.61. The van der Waals surface area contributed by atoms with Crippen molar-refractivity contribution < 1.29 is 9.53 Å². The van der Waals surface area contributed by atoms with Gasteiger partial charge in [-0.15, -0.1) is 0 Å². The van der Waals surface area contributed by atoms with Gasteiger partial charge in [0.25, 0.3) is 0 Å². The number of aryl methyl sites for hydroxylation is 2. The molecule has 2 aromatic rings. The SMILES string of the molecule is Cc1ccc(C)c(Oc2ncc(C=O)cn2)c1C. The molecule has 0 bridgehead atoms. The van der Waals surface area contributed by atoms with Crippen LogP contribution in [0.25, 0.3) is 0 Å². The van der Waals surface area contributed by atoms with E-state index in [9.17, 15) is 4.79 Å². The molecule has 0 saturated heterocycles. The molecule has 18 heavy (non-hydrogen) atoms. The second kappa shape index (κ2) is 4.96. The molecule has 1 aromatic carbocycles. The zero-order valence-corrected chi connectivity index (χ0v) is 10.6. The van der Waals surface area contributed by atoms with E-state index in [1.165, 1.54) is 12.4 Å². The van der Waals surface area contributed by atoms with Crippen LogP contribution >= 0.6 is 0 Å². The third-order valence-corrected chi connectivity index (χ3v) is 2.85. The predicted octanol–water partition coefficient (Wildman–Crippen LogP) is 3.01. The molecule has 1 heterocycles. The van der Waals surface area contributed by atoms with Crippen molar-refractivity contribution in [2.75, 3.05) is 0 Å². The Balaban J connectivity index is 2.33. The lowest BCUT2D eigenvalue weighted by molar-refractivity contribution is 0.112. The van der Waals surface area contributed by atoms with Crippen LogP contribution in [0.2, 0.25) is 0 Å². The van der Waals surface area contributed by atoms with E-state index in [1.54, 1.807) is 0 Å². The predicted molar refractivity (Wildman–Crippen MR) is 68.1 cm³/mol. The summed E-state index contributed by atoms with van der Waals surface area (Å²) in [5, 5.41) is 0. The number of hydrogen-bond donors (Lipinski definition) is 0. The Kier molecular flexibility index (Phi) is 3.37. The summed E-state index contributed by atoms with van der Waals surface area (Å²) in [6, 6.07) is 4.29. The van der Waals surface area contributed by atoms with Crippen LogP contribution in [0, 0.1) is 20.8 Å². The van der Waals surface area contributed by atoms with Gasteiger partial charge in [-0.25, -0.2) is 9.97 Å². The minimum Gasteiger partial charge on any atom is -0.424 e. The number of nitrogens with zero attached hydrogens (tertiary/aromatic N) is 2. The third kappa shape index (κ3) is 2.37. The molecule has 4 heteroatoms. The first kappa shape index (κ1) is 12.2. The van der Waals surface area contributed by atoms with Crippen LogP contribution in [0.4, 0.5) is 0 Å². The van der Waals surface area contributed by atoms with Gasteiger partial charge in [0.1, 0.15) is 5.75 Å². The second-order valence-corrected chi connectivity index (χ2v) is 4.17. The number of rotatable bonds is 3. The normalized spacial score (nSPS) is 10.2. The Labute approximate surface area is 106 Å². The summed E-state index contributed by atoms with van der Waals surface area (Å²) in [7, 11) is 0. The average Bonchev–Trinajstić information content (AvgIpc) is 2.40. The number of aldehydes is 1. The summed E-state index contributed by atoms with van der Waals surface area (Å²) in [4.78, 5) is 18.5. The smallest absolute Gasteiger partial charge is 0.321 e. The second-order valence-electron chi connectivity index (χ2n) is 4.17. The molecule has 0 aliphatic carbocycles. The van der Waals surface area contributed by atoms with Gasteiger partial charge in [0.15, 0.2) is 6.29 Å². The molecular weight excluding hydrogens is 228 g/mol. The molecule has 0 amide bonds. The van der Waals surface area contributed by atoms with E-state index in [2.05, 4.69) is 9.97 Å². The van der Waals surface area contributed by atoms with E-state index in [0.717, 1.165) is 22.4 Å². The van der Waals surface area contributed by atoms with Gasteiger partial charge in [-0.3, -0.25) is 4.79 Å². The lowest BCUT2D eigenvalue weighted by atomic mass is 10.1. The highest BCUT2D eigenvalue weighted by atomic mass is 16.5. The molecule has 0 aliphatic rings. The molecule has 0 aliphatic heterocycles. The number of carbonyl (C=O) groups is 1. The van der Waals surface area contributed by atoms with Crippen molar-refractivity contribution in [3.63, 3.8) is 0 Å². The van der Waals surface area contributed by atoms with Crippen LogP contribution in [0.3, 0.4) is 0 Å². The van der Waals surface area contributed by atoms with Crippen molar-refractivity contribution in [2.45, 2.75) is 20.8 Å². The summed E-state index contributed by atoms with van der Waals surface area (Å²) >= 11 is 0. The number of benzene rings is 1. The summed E-state index contributed by atoms with van der Waals surface area (Å²) < 4.78 is 5.68. The molecule has 0 unspecified atom stereocenters. The Morgan fingerprint density at radius 2 is 1.67 bits per heavy atom. The fourth-order valence-corrected chi connectivity index (χ4v) is 1.61. The van der Waals surface area contributed by atoms with E-state index in [-0.39, 0.29) is 6.01 Å². The zero-order chi connectivity index (χ0) is 13.1. The van der Waals surface area contributed by atoms with Crippen molar-refractivity contribution in [1.29, 1.82) is 0 Å². The van der Waals surface area contributed by atoms with Gasteiger partial charge in [0.05, 0.1) is 5.56 Å². The first-order valence-corrected chi connectivity index (χ1v) is 5.63. The fourth-order valence-electron chi connectivity index (χ4n) is 1.61. The van der Waals surface area contributed by atoms with Gasteiger partial charge < -0.3 is 4.74 Å². The van der Waals surface area contributed by atoms with Gasteiger partial charge in [-0.05, 0) is 37.5 Å². The molecule has 0 saturated carbocycles. The van der Waals surface area contributed by atoms with Crippen LogP contribution in [0.1, 0.15) is 27.0 Å². The molecule has 4 nitrogen and oxygen atoms in total. The number of hydrogen-bond acceptors (Lipinski definition) is 4. The van der Waals surface area contributed by atoms with E-state index in [1.807, 2.05) is 32.9 Å². The number of ether oxygens (including phenoxy) is 1. The van der Waals surface area contributed by atoms with Gasteiger partial charge in [-0.2, -0.15) is 0 Å². The topological polar surface area (TPSA) is 52.1 Å². The maximum absolute atomic E-state index is 10.5. The fraction of sp³-hybridized carbons (Fsp3) is 0.214. The Morgan fingerprint density at radius 1 is 1.06 bits per heavy atom. The molecule has 1 aromatic heterocycles. The molecule has 0 N–H and O–H groups in total. The number of aromatic nitrogens is 2. The van der Waals surface area contributed by atoms with E-state index >= 15 is 0 Å². The van der Waals surface area contributed by atoms with Crippen LogP contribution in [-0.4, -0.2) is 16.3 Å². The average molecular weight is 242 g/mol. The highest BCUT2D eigenvalue weighted by Crippen LogP contribution is 2.28. The van der Waals surface area contributed by atoms with Gasteiger partial charge >= 0.3 is 6.01 Å².